The van der Waals surface area contributed by atoms with Crippen LogP contribution in [-0.2, 0) is 25.7 Å². The zero-order valence-corrected chi connectivity index (χ0v) is 19.1. The summed E-state index contributed by atoms with van der Waals surface area (Å²) in [7, 11) is 1.39. The summed E-state index contributed by atoms with van der Waals surface area (Å²) in [5.41, 5.74) is 2.76. The molecule has 178 valence electrons. The van der Waals surface area contributed by atoms with Crippen molar-refractivity contribution in [3.8, 4) is 0 Å². The van der Waals surface area contributed by atoms with E-state index in [1.807, 2.05) is 6.07 Å². The van der Waals surface area contributed by atoms with Crippen LogP contribution in [0, 0.1) is 0 Å². The fraction of sp³-hybridized carbons (Fsp3) is 0.500. The molecule has 3 amide bonds. The number of hydrogen-bond donors (Lipinski definition) is 3. The second-order valence-electron chi connectivity index (χ2n) is 8.36. The van der Waals surface area contributed by atoms with Crippen molar-refractivity contribution in [2.45, 2.75) is 57.5 Å². The molecular weight excluding hydrogens is 424 g/mol. The fourth-order valence-electron chi connectivity index (χ4n) is 4.15. The maximum atomic E-state index is 12.9. The number of allylic oxidation sites excluding steroid dienone is 1. The van der Waals surface area contributed by atoms with E-state index in [4.69, 9.17) is 0 Å². The fourth-order valence-corrected chi connectivity index (χ4v) is 4.15. The van der Waals surface area contributed by atoms with Crippen LogP contribution in [0.2, 0.25) is 0 Å². The van der Waals surface area contributed by atoms with E-state index >= 15 is 0 Å². The van der Waals surface area contributed by atoms with Gasteiger partial charge in [0.25, 0.3) is 5.91 Å². The van der Waals surface area contributed by atoms with Crippen molar-refractivity contribution in [2.75, 3.05) is 25.5 Å². The Morgan fingerprint density at radius 1 is 1.21 bits per heavy atom. The van der Waals surface area contributed by atoms with Gasteiger partial charge in [0, 0.05) is 42.0 Å². The molecule has 0 saturated carbocycles. The van der Waals surface area contributed by atoms with Gasteiger partial charge in [-0.1, -0.05) is 25.5 Å². The molecule has 1 aromatic carbocycles. The van der Waals surface area contributed by atoms with Gasteiger partial charge < -0.3 is 25.6 Å². The standard InChI is InChI=1S/C24H32N4O5/c1-16-11-12-20(23(31)27-16)28-15-18-17(24(28)32)8-7-9-19(18)26-14-21(29)25-13-6-4-3-5-10-22(30)33-2/h7-9,20,26H,1,3-6,10-15H2,2H3,(H,25,29)(H,27,31). The third-order valence-corrected chi connectivity index (χ3v) is 5.99. The van der Waals surface area contributed by atoms with Gasteiger partial charge >= 0.3 is 5.97 Å². The second kappa shape index (κ2) is 11.5. The lowest BCUT2D eigenvalue weighted by atomic mass is 10.0. The Morgan fingerprint density at radius 2 is 2.00 bits per heavy atom. The van der Waals surface area contributed by atoms with Gasteiger partial charge in [0.05, 0.1) is 13.7 Å². The Hall–Kier alpha value is -3.36. The quantitative estimate of drug-likeness (QED) is 0.347. The van der Waals surface area contributed by atoms with Crippen molar-refractivity contribution < 1.29 is 23.9 Å². The third-order valence-electron chi connectivity index (χ3n) is 5.99. The molecule has 33 heavy (non-hydrogen) atoms. The molecule has 3 rings (SSSR count). The predicted molar refractivity (Wildman–Crippen MR) is 123 cm³/mol. The lowest BCUT2D eigenvalue weighted by Crippen LogP contribution is -2.49. The van der Waals surface area contributed by atoms with Crippen LogP contribution in [0.25, 0.3) is 0 Å². The minimum Gasteiger partial charge on any atom is -0.469 e. The Morgan fingerprint density at radius 3 is 2.76 bits per heavy atom. The summed E-state index contributed by atoms with van der Waals surface area (Å²) < 4.78 is 4.61. The van der Waals surface area contributed by atoms with Crippen LogP contribution in [-0.4, -0.2) is 54.8 Å². The molecule has 1 aromatic rings. The molecule has 0 bridgehead atoms. The van der Waals surface area contributed by atoms with E-state index in [1.54, 1.807) is 17.0 Å². The second-order valence-corrected chi connectivity index (χ2v) is 8.36. The number of rotatable bonds is 11. The van der Waals surface area contributed by atoms with Gasteiger partial charge in [-0.25, -0.2) is 0 Å². The van der Waals surface area contributed by atoms with Crippen LogP contribution in [0.5, 0.6) is 0 Å². The number of hydrogen-bond acceptors (Lipinski definition) is 6. The first-order valence-corrected chi connectivity index (χ1v) is 11.4. The van der Waals surface area contributed by atoms with Crippen molar-refractivity contribution in [1.82, 2.24) is 15.5 Å². The van der Waals surface area contributed by atoms with Crippen LogP contribution in [0.1, 0.15) is 60.9 Å². The summed E-state index contributed by atoms with van der Waals surface area (Å²) in [6, 6.07) is 4.85. The lowest BCUT2D eigenvalue weighted by Gasteiger charge is -2.31. The summed E-state index contributed by atoms with van der Waals surface area (Å²) in [4.78, 5) is 50.1. The van der Waals surface area contributed by atoms with E-state index in [2.05, 4.69) is 27.3 Å². The predicted octanol–water partition coefficient (Wildman–Crippen LogP) is 2.09. The molecule has 1 fully saturated rings. The highest BCUT2D eigenvalue weighted by atomic mass is 16.5. The molecule has 2 heterocycles. The normalized spacial score (nSPS) is 17.4. The summed E-state index contributed by atoms with van der Waals surface area (Å²) in [6.07, 6.45) is 5.09. The molecule has 9 heteroatoms. The number of fused-ring (bicyclic) bond motifs is 1. The van der Waals surface area contributed by atoms with Crippen LogP contribution in [0.3, 0.4) is 0 Å². The number of nitrogens with zero attached hydrogens (tertiary/aromatic N) is 1. The maximum Gasteiger partial charge on any atom is 0.305 e. The number of anilines is 1. The van der Waals surface area contributed by atoms with E-state index in [0.717, 1.165) is 36.9 Å². The molecule has 0 aromatic heterocycles. The molecule has 1 saturated heterocycles. The number of piperidine rings is 1. The number of esters is 1. The molecule has 2 aliphatic rings. The van der Waals surface area contributed by atoms with Crippen molar-refractivity contribution >= 4 is 29.4 Å². The minimum atomic E-state index is -0.515. The van der Waals surface area contributed by atoms with E-state index in [9.17, 15) is 19.2 Å². The van der Waals surface area contributed by atoms with Crippen LogP contribution in [0.4, 0.5) is 5.69 Å². The first-order valence-electron chi connectivity index (χ1n) is 11.4. The molecule has 1 atom stereocenters. The van der Waals surface area contributed by atoms with Gasteiger partial charge in [-0.3, -0.25) is 19.2 Å². The summed E-state index contributed by atoms with van der Waals surface area (Å²) in [5, 5.41) is 8.74. The molecule has 3 N–H and O–H groups in total. The van der Waals surface area contributed by atoms with Gasteiger partial charge in [-0.05, 0) is 37.8 Å². The zero-order valence-electron chi connectivity index (χ0n) is 19.1. The molecule has 0 radical (unpaired) electrons. The molecule has 1 unspecified atom stereocenters. The van der Waals surface area contributed by atoms with Crippen LogP contribution >= 0.6 is 0 Å². The number of benzene rings is 1. The first kappa shape index (κ1) is 24.3. The Kier molecular flexibility index (Phi) is 8.46. The Bertz CT molecular complexity index is 929. The van der Waals surface area contributed by atoms with Crippen molar-refractivity contribution in [2.24, 2.45) is 0 Å². The Labute approximate surface area is 193 Å². The van der Waals surface area contributed by atoms with Crippen LogP contribution < -0.4 is 16.0 Å². The van der Waals surface area contributed by atoms with Gasteiger partial charge in [-0.2, -0.15) is 0 Å². The van der Waals surface area contributed by atoms with Crippen molar-refractivity contribution in [3.05, 3.63) is 41.6 Å². The monoisotopic (exact) mass is 456 g/mol. The topological polar surface area (TPSA) is 117 Å². The number of unbranched alkanes of at least 4 members (excludes halogenated alkanes) is 3. The highest BCUT2D eigenvalue weighted by molar-refractivity contribution is 6.03. The number of carbonyl (C=O) groups is 4. The molecule has 0 aliphatic carbocycles. The zero-order chi connectivity index (χ0) is 23.8. The van der Waals surface area contributed by atoms with Gasteiger partial charge in [-0.15, -0.1) is 0 Å². The van der Waals surface area contributed by atoms with Crippen molar-refractivity contribution in [3.63, 3.8) is 0 Å². The maximum absolute atomic E-state index is 12.9. The lowest BCUT2D eigenvalue weighted by molar-refractivity contribution is -0.140. The highest BCUT2D eigenvalue weighted by Gasteiger charge is 2.38. The van der Waals surface area contributed by atoms with Gasteiger partial charge in [0.2, 0.25) is 11.8 Å². The molecule has 2 aliphatic heterocycles. The van der Waals surface area contributed by atoms with Crippen LogP contribution in [0.15, 0.2) is 30.5 Å². The van der Waals surface area contributed by atoms with E-state index in [0.29, 0.717) is 43.6 Å². The first-order chi connectivity index (χ1) is 15.9. The van der Waals surface area contributed by atoms with E-state index < -0.39 is 6.04 Å². The van der Waals surface area contributed by atoms with Gasteiger partial charge in [0.1, 0.15) is 6.04 Å². The summed E-state index contributed by atoms with van der Waals surface area (Å²) >= 11 is 0. The van der Waals surface area contributed by atoms with E-state index in [-0.39, 0.29) is 30.2 Å². The number of ether oxygens (including phenoxy) is 1. The summed E-state index contributed by atoms with van der Waals surface area (Å²) in [6.45, 7) is 4.78. The van der Waals surface area contributed by atoms with E-state index in [1.165, 1.54) is 7.11 Å². The largest absolute Gasteiger partial charge is 0.469 e. The average molecular weight is 457 g/mol. The molecule has 0 spiro atoms. The number of nitrogens with one attached hydrogen (secondary N) is 3. The Balaban J connectivity index is 1.44. The molecule has 9 nitrogen and oxygen atoms in total. The highest BCUT2D eigenvalue weighted by Crippen LogP contribution is 2.32. The SMILES string of the molecule is C=C1CCC(N2Cc3c(NCC(=O)NCCCCCCC(=O)OC)cccc3C2=O)C(=O)N1. The number of amides is 3. The van der Waals surface area contributed by atoms with Crippen molar-refractivity contribution in [1.29, 1.82) is 0 Å². The number of carbonyl (C=O) groups excluding carboxylic acids is 4. The van der Waals surface area contributed by atoms with Gasteiger partial charge in [0.15, 0.2) is 0 Å². The summed E-state index contributed by atoms with van der Waals surface area (Å²) in [5.74, 6) is -0.697. The minimum absolute atomic E-state index is 0.0940. The number of methoxy groups -OCH3 is 1. The molecular formula is C24H32N4O5. The smallest absolute Gasteiger partial charge is 0.305 e. The average Bonchev–Trinajstić information content (AvgIpc) is 3.13. The third kappa shape index (κ3) is 6.34.